The molecule has 4 heteroatoms. The summed E-state index contributed by atoms with van der Waals surface area (Å²) >= 11 is 0. The standard InChI is InChI=1S/C16H16N4/c1-3-7-13(8-4-1)11-12-15-18-16(20-19-15)17-14-9-5-2-6-10-14/h1-10H,11-12H2,(H2,17,18,19,20). The molecular formula is C16H16N4. The van der Waals surface area contributed by atoms with Gasteiger partial charge in [-0.1, -0.05) is 48.5 Å². The third kappa shape index (κ3) is 3.23. The highest BCUT2D eigenvalue weighted by atomic mass is 15.3. The molecule has 0 bridgehead atoms. The molecule has 20 heavy (non-hydrogen) atoms. The van der Waals surface area contributed by atoms with Gasteiger partial charge in [0.2, 0.25) is 5.95 Å². The van der Waals surface area contributed by atoms with E-state index < -0.39 is 0 Å². The molecule has 4 nitrogen and oxygen atoms in total. The van der Waals surface area contributed by atoms with E-state index in [0.717, 1.165) is 24.4 Å². The largest absolute Gasteiger partial charge is 0.323 e. The second-order valence-electron chi connectivity index (χ2n) is 4.58. The summed E-state index contributed by atoms with van der Waals surface area (Å²) in [5, 5.41) is 10.3. The molecule has 0 amide bonds. The quantitative estimate of drug-likeness (QED) is 0.743. The fraction of sp³-hybridized carbons (Fsp3) is 0.125. The minimum absolute atomic E-state index is 0.610. The zero-order chi connectivity index (χ0) is 13.6. The van der Waals surface area contributed by atoms with Gasteiger partial charge >= 0.3 is 0 Å². The molecule has 0 spiro atoms. The van der Waals surface area contributed by atoms with Gasteiger partial charge in [0.05, 0.1) is 0 Å². The number of nitrogens with zero attached hydrogens (tertiary/aromatic N) is 2. The smallest absolute Gasteiger partial charge is 0.246 e. The number of aromatic nitrogens is 3. The van der Waals surface area contributed by atoms with Crippen LogP contribution in [-0.4, -0.2) is 15.2 Å². The van der Waals surface area contributed by atoms with Crippen LogP contribution in [0.2, 0.25) is 0 Å². The molecule has 0 unspecified atom stereocenters. The molecule has 0 saturated carbocycles. The number of aromatic amines is 1. The second-order valence-corrected chi connectivity index (χ2v) is 4.58. The van der Waals surface area contributed by atoms with E-state index in [1.165, 1.54) is 5.56 Å². The van der Waals surface area contributed by atoms with Gasteiger partial charge in [-0.2, -0.15) is 4.98 Å². The monoisotopic (exact) mass is 264 g/mol. The Hall–Kier alpha value is -2.62. The fourth-order valence-corrected chi connectivity index (χ4v) is 2.02. The minimum atomic E-state index is 0.610. The molecule has 0 atom stereocenters. The lowest BCUT2D eigenvalue weighted by molar-refractivity contribution is 0.865. The zero-order valence-corrected chi connectivity index (χ0v) is 11.1. The Morgan fingerprint density at radius 1 is 0.850 bits per heavy atom. The Morgan fingerprint density at radius 2 is 1.55 bits per heavy atom. The zero-order valence-electron chi connectivity index (χ0n) is 11.1. The first-order chi connectivity index (χ1) is 9.90. The molecule has 0 radical (unpaired) electrons. The number of anilines is 2. The Labute approximate surface area is 117 Å². The number of para-hydroxylation sites is 1. The van der Waals surface area contributed by atoms with Crippen molar-refractivity contribution in [2.45, 2.75) is 12.8 Å². The van der Waals surface area contributed by atoms with Gasteiger partial charge in [-0.3, -0.25) is 5.10 Å². The average Bonchev–Trinajstić information content (AvgIpc) is 2.95. The molecule has 0 saturated heterocycles. The Morgan fingerprint density at radius 3 is 2.30 bits per heavy atom. The second kappa shape index (κ2) is 6.02. The molecule has 0 aliphatic rings. The van der Waals surface area contributed by atoms with Crippen LogP contribution in [0.15, 0.2) is 60.7 Å². The third-order valence-electron chi connectivity index (χ3n) is 3.05. The van der Waals surface area contributed by atoms with E-state index in [4.69, 9.17) is 0 Å². The average molecular weight is 264 g/mol. The maximum atomic E-state index is 4.44. The van der Waals surface area contributed by atoms with Gasteiger partial charge in [0, 0.05) is 12.1 Å². The molecule has 2 aromatic carbocycles. The van der Waals surface area contributed by atoms with Crippen LogP contribution in [0.1, 0.15) is 11.4 Å². The summed E-state index contributed by atoms with van der Waals surface area (Å²) in [6, 6.07) is 20.3. The number of hydrogen-bond acceptors (Lipinski definition) is 3. The van der Waals surface area contributed by atoms with Gasteiger partial charge in [-0.25, -0.2) is 0 Å². The summed E-state index contributed by atoms with van der Waals surface area (Å²) in [7, 11) is 0. The number of aryl methyl sites for hydroxylation is 2. The molecule has 1 aromatic heterocycles. The molecule has 2 N–H and O–H groups in total. The van der Waals surface area contributed by atoms with Crippen LogP contribution in [0.5, 0.6) is 0 Å². The van der Waals surface area contributed by atoms with Gasteiger partial charge in [-0.15, -0.1) is 5.10 Å². The number of hydrogen-bond donors (Lipinski definition) is 2. The van der Waals surface area contributed by atoms with Gasteiger partial charge < -0.3 is 5.32 Å². The van der Waals surface area contributed by atoms with Crippen molar-refractivity contribution in [2.75, 3.05) is 5.32 Å². The van der Waals surface area contributed by atoms with Crippen LogP contribution in [-0.2, 0) is 12.8 Å². The maximum Gasteiger partial charge on any atom is 0.246 e. The maximum absolute atomic E-state index is 4.44. The normalized spacial score (nSPS) is 10.4. The van der Waals surface area contributed by atoms with E-state index in [1.54, 1.807) is 0 Å². The van der Waals surface area contributed by atoms with Crippen LogP contribution in [0, 0.1) is 0 Å². The van der Waals surface area contributed by atoms with Gasteiger partial charge in [0.25, 0.3) is 0 Å². The highest BCUT2D eigenvalue weighted by Gasteiger charge is 2.03. The molecule has 0 fully saturated rings. The van der Waals surface area contributed by atoms with Crippen LogP contribution in [0.3, 0.4) is 0 Å². The minimum Gasteiger partial charge on any atom is -0.323 e. The molecule has 0 aliphatic heterocycles. The van der Waals surface area contributed by atoms with Crippen molar-refractivity contribution < 1.29 is 0 Å². The van der Waals surface area contributed by atoms with Crippen LogP contribution >= 0.6 is 0 Å². The summed E-state index contributed by atoms with van der Waals surface area (Å²) in [6.45, 7) is 0. The molecule has 1 heterocycles. The van der Waals surface area contributed by atoms with Crippen molar-refractivity contribution >= 4 is 11.6 Å². The van der Waals surface area contributed by atoms with Gasteiger partial charge in [0.1, 0.15) is 5.82 Å². The summed E-state index contributed by atoms with van der Waals surface area (Å²) < 4.78 is 0. The van der Waals surface area contributed by atoms with Crippen molar-refractivity contribution in [3.63, 3.8) is 0 Å². The van der Waals surface area contributed by atoms with Crippen LogP contribution in [0.25, 0.3) is 0 Å². The van der Waals surface area contributed by atoms with Gasteiger partial charge in [0.15, 0.2) is 0 Å². The molecule has 100 valence electrons. The lowest BCUT2D eigenvalue weighted by Gasteiger charge is -1.99. The van der Waals surface area contributed by atoms with Crippen molar-refractivity contribution in [1.82, 2.24) is 15.2 Å². The van der Waals surface area contributed by atoms with Crippen molar-refractivity contribution in [3.05, 3.63) is 72.1 Å². The lowest BCUT2D eigenvalue weighted by Crippen LogP contribution is -1.94. The highest BCUT2D eigenvalue weighted by molar-refractivity contribution is 5.52. The highest BCUT2D eigenvalue weighted by Crippen LogP contribution is 2.12. The number of nitrogens with one attached hydrogen (secondary N) is 2. The predicted molar refractivity (Wildman–Crippen MR) is 80.0 cm³/mol. The number of benzene rings is 2. The summed E-state index contributed by atoms with van der Waals surface area (Å²) in [5.41, 5.74) is 2.29. The molecule has 3 rings (SSSR count). The number of rotatable bonds is 5. The summed E-state index contributed by atoms with van der Waals surface area (Å²) in [6.07, 6.45) is 1.81. The van der Waals surface area contributed by atoms with Crippen LogP contribution in [0.4, 0.5) is 11.6 Å². The molecular weight excluding hydrogens is 248 g/mol. The lowest BCUT2D eigenvalue weighted by atomic mass is 10.1. The van der Waals surface area contributed by atoms with E-state index in [2.05, 4.69) is 44.8 Å². The van der Waals surface area contributed by atoms with E-state index >= 15 is 0 Å². The summed E-state index contributed by atoms with van der Waals surface area (Å²) in [4.78, 5) is 4.44. The van der Waals surface area contributed by atoms with E-state index in [-0.39, 0.29) is 0 Å². The van der Waals surface area contributed by atoms with E-state index in [9.17, 15) is 0 Å². The first-order valence-corrected chi connectivity index (χ1v) is 6.67. The Balaban J connectivity index is 1.60. The first kappa shape index (κ1) is 12.4. The summed E-state index contributed by atoms with van der Waals surface area (Å²) in [5.74, 6) is 1.51. The molecule has 0 aliphatic carbocycles. The first-order valence-electron chi connectivity index (χ1n) is 6.67. The Kier molecular flexibility index (Phi) is 3.73. The SMILES string of the molecule is c1ccc(CCc2nc(Nc3ccccc3)n[nH]2)cc1. The van der Waals surface area contributed by atoms with Crippen molar-refractivity contribution in [1.29, 1.82) is 0 Å². The van der Waals surface area contributed by atoms with E-state index in [1.807, 2.05) is 36.4 Å². The Bertz CT molecular complexity index is 647. The van der Waals surface area contributed by atoms with E-state index in [0.29, 0.717) is 5.95 Å². The van der Waals surface area contributed by atoms with Crippen molar-refractivity contribution in [3.8, 4) is 0 Å². The van der Waals surface area contributed by atoms with Crippen LogP contribution < -0.4 is 5.32 Å². The number of H-pyrrole nitrogens is 1. The molecule has 3 aromatic rings. The third-order valence-corrected chi connectivity index (χ3v) is 3.05. The van der Waals surface area contributed by atoms with Crippen molar-refractivity contribution in [2.24, 2.45) is 0 Å². The van der Waals surface area contributed by atoms with Gasteiger partial charge in [-0.05, 0) is 24.1 Å². The fourth-order valence-electron chi connectivity index (χ4n) is 2.02. The predicted octanol–water partition coefficient (Wildman–Crippen LogP) is 3.33. The topological polar surface area (TPSA) is 53.6 Å².